The van der Waals surface area contributed by atoms with Gasteiger partial charge in [-0.1, -0.05) is 83.5 Å². The van der Waals surface area contributed by atoms with Crippen LogP contribution in [0, 0.1) is 16.0 Å². The zero-order valence-electron chi connectivity index (χ0n) is 20.5. The summed E-state index contributed by atoms with van der Waals surface area (Å²) < 4.78 is 0. The van der Waals surface area contributed by atoms with Crippen LogP contribution >= 0.6 is 23.5 Å². The van der Waals surface area contributed by atoms with Crippen LogP contribution in [0.5, 0.6) is 0 Å². The first kappa shape index (κ1) is 23.1. The van der Waals surface area contributed by atoms with E-state index in [4.69, 9.17) is 0 Å². The van der Waals surface area contributed by atoms with Gasteiger partial charge in [-0.3, -0.25) is 10.1 Å². The molecule has 0 radical (unpaired) electrons. The molecule has 7 rings (SSSR count). The van der Waals surface area contributed by atoms with Crippen molar-refractivity contribution in [2.45, 2.75) is 18.8 Å². The molecule has 3 nitrogen and oxygen atoms in total. The van der Waals surface area contributed by atoms with Gasteiger partial charge in [-0.25, -0.2) is 0 Å². The smallest absolute Gasteiger partial charge is 0.258 e. The summed E-state index contributed by atoms with van der Waals surface area (Å²) in [6.45, 7) is 0. The Morgan fingerprint density at radius 1 is 0.757 bits per heavy atom. The fraction of sp³-hybridized carbons (Fsp3) is 0.250. The summed E-state index contributed by atoms with van der Waals surface area (Å²) in [6, 6.07) is 20.3. The highest BCUT2D eigenvalue weighted by atomic mass is 32.2. The number of benzene rings is 4. The third kappa shape index (κ3) is 4.28. The minimum absolute atomic E-state index is 0.228. The van der Waals surface area contributed by atoms with Crippen molar-refractivity contribution >= 4 is 55.8 Å². The van der Waals surface area contributed by atoms with Crippen molar-refractivity contribution in [2.75, 3.05) is 23.0 Å². The Bertz CT molecular complexity index is 1660. The van der Waals surface area contributed by atoms with Gasteiger partial charge in [0, 0.05) is 35.0 Å². The first-order valence-corrected chi connectivity index (χ1v) is 15.2. The predicted octanol–water partition coefficient (Wildman–Crippen LogP) is 8.51. The number of rotatable bonds is 2. The van der Waals surface area contributed by atoms with Crippen LogP contribution in [0.3, 0.4) is 0 Å². The summed E-state index contributed by atoms with van der Waals surface area (Å²) in [7, 11) is 0. The number of hydrogen-bond acceptors (Lipinski definition) is 4. The molecule has 4 aromatic carbocycles. The fourth-order valence-electron chi connectivity index (χ4n) is 6.32. The molecule has 2 aliphatic carbocycles. The standard InChI is InChI=1S/C32H27NO2S2/c34-33(35)28-14-22-11-23(15-28)19-37-17-21-10-20(16-36-18-22)12-27(13-21)29-8-6-26-5-4-24-2-1-3-25-7-9-30(29)32(26)31(24)25/h1-9,12-15,22,27H,10-11,16-19H2. The molecule has 37 heavy (non-hydrogen) atoms. The predicted molar refractivity (Wildman–Crippen MR) is 160 cm³/mol. The Hall–Kier alpha value is -3.02. The molecule has 4 bridgehead atoms. The lowest BCUT2D eigenvalue weighted by Gasteiger charge is -2.25. The van der Waals surface area contributed by atoms with Crippen LogP contribution in [0.15, 0.2) is 101 Å². The van der Waals surface area contributed by atoms with Gasteiger partial charge >= 0.3 is 0 Å². The second kappa shape index (κ2) is 9.38. The summed E-state index contributed by atoms with van der Waals surface area (Å²) in [4.78, 5) is 11.2. The van der Waals surface area contributed by atoms with E-state index in [1.54, 1.807) is 0 Å². The van der Waals surface area contributed by atoms with Crippen LogP contribution in [-0.4, -0.2) is 27.9 Å². The van der Waals surface area contributed by atoms with E-state index in [0.717, 1.165) is 35.9 Å². The lowest BCUT2D eigenvalue weighted by molar-refractivity contribution is -0.419. The summed E-state index contributed by atoms with van der Waals surface area (Å²) in [5.41, 5.74) is 5.85. The average Bonchev–Trinajstić information content (AvgIpc) is 2.91. The van der Waals surface area contributed by atoms with Gasteiger partial charge in [-0.05, 0) is 62.7 Å². The molecular formula is C32H27NO2S2. The van der Waals surface area contributed by atoms with Gasteiger partial charge in [0.2, 0.25) is 0 Å². The zero-order chi connectivity index (χ0) is 24.9. The van der Waals surface area contributed by atoms with E-state index in [-0.39, 0.29) is 22.5 Å². The highest BCUT2D eigenvalue weighted by Gasteiger charge is 2.24. The van der Waals surface area contributed by atoms with Crippen LogP contribution in [0.4, 0.5) is 0 Å². The van der Waals surface area contributed by atoms with E-state index in [9.17, 15) is 10.1 Å². The first-order valence-electron chi connectivity index (χ1n) is 12.9. The highest BCUT2D eigenvalue weighted by Crippen LogP contribution is 2.41. The summed E-state index contributed by atoms with van der Waals surface area (Å²) in [6.07, 6.45) is 10.7. The summed E-state index contributed by atoms with van der Waals surface area (Å²) in [5, 5.41) is 19.5. The molecule has 4 aromatic rings. The molecule has 2 unspecified atom stereocenters. The second-order valence-corrected chi connectivity index (χ2v) is 12.5. The van der Waals surface area contributed by atoms with Crippen LogP contribution < -0.4 is 0 Å². The molecule has 0 aromatic heterocycles. The molecule has 1 heterocycles. The molecule has 0 saturated carbocycles. The third-order valence-electron chi connectivity index (χ3n) is 7.89. The molecule has 1 saturated heterocycles. The lowest BCUT2D eigenvalue weighted by Crippen LogP contribution is -2.14. The number of allylic oxidation sites excluding steroid dienone is 4. The van der Waals surface area contributed by atoms with E-state index in [0.29, 0.717) is 0 Å². The van der Waals surface area contributed by atoms with E-state index in [1.165, 1.54) is 54.6 Å². The van der Waals surface area contributed by atoms with Crippen molar-refractivity contribution in [2.24, 2.45) is 5.92 Å². The number of fused-ring (bicyclic) bond motifs is 4. The molecule has 5 heteroatoms. The normalized spacial score (nSPS) is 22.6. The average molecular weight is 522 g/mol. The molecule has 1 fully saturated rings. The van der Waals surface area contributed by atoms with Gasteiger partial charge in [-0.2, -0.15) is 23.5 Å². The fourth-order valence-corrected chi connectivity index (χ4v) is 8.44. The molecule has 2 atom stereocenters. The number of thioether (sulfide) groups is 2. The Kier molecular flexibility index (Phi) is 5.86. The molecule has 184 valence electrons. The second-order valence-electron chi connectivity index (χ2n) is 10.5. The van der Waals surface area contributed by atoms with Crippen molar-refractivity contribution in [1.82, 2.24) is 0 Å². The van der Waals surface area contributed by atoms with Gasteiger partial charge in [0.25, 0.3) is 5.70 Å². The number of hydrogen-bond donors (Lipinski definition) is 0. The third-order valence-corrected chi connectivity index (χ3v) is 10.3. The van der Waals surface area contributed by atoms with Gasteiger partial charge in [0.1, 0.15) is 0 Å². The Morgan fingerprint density at radius 2 is 1.43 bits per heavy atom. The van der Waals surface area contributed by atoms with Crippen LogP contribution in [-0.2, 0) is 0 Å². The van der Waals surface area contributed by atoms with Crippen molar-refractivity contribution in [3.63, 3.8) is 0 Å². The van der Waals surface area contributed by atoms with Crippen LogP contribution in [0.1, 0.15) is 24.3 Å². The van der Waals surface area contributed by atoms with Crippen LogP contribution in [0.2, 0.25) is 0 Å². The summed E-state index contributed by atoms with van der Waals surface area (Å²) in [5.74, 6) is 4.28. The van der Waals surface area contributed by atoms with Gasteiger partial charge < -0.3 is 0 Å². The monoisotopic (exact) mass is 521 g/mol. The van der Waals surface area contributed by atoms with Crippen molar-refractivity contribution in [3.8, 4) is 0 Å². The quantitative estimate of drug-likeness (QED) is 0.115. The first-order chi connectivity index (χ1) is 18.1. The maximum atomic E-state index is 11.5. The molecule has 0 spiro atoms. The molecule has 3 aliphatic rings. The van der Waals surface area contributed by atoms with E-state index < -0.39 is 0 Å². The Balaban J connectivity index is 1.27. The van der Waals surface area contributed by atoms with Crippen molar-refractivity contribution in [1.29, 1.82) is 0 Å². The number of nitrogens with zero attached hydrogens (tertiary/aromatic N) is 1. The molecule has 1 aliphatic heterocycles. The van der Waals surface area contributed by atoms with Gasteiger partial charge in [0.05, 0.1) is 4.92 Å². The topological polar surface area (TPSA) is 43.1 Å². The zero-order valence-corrected chi connectivity index (χ0v) is 22.1. The van der Waals surface area contributed by atoms with Crippen LogP contribution in [0.25, 0.3) is 32.3 Å². The maximum Gasteiger partial charge on any atom is 0.265 e. The van der Waals surface area contributed by atoms with E-state index >= 15 is 0 Å². The minimum Gasteiger partial charge on any atom is -0.258 e. The van der Waals surface area contributed by atoms with Gasteiger partial charge in [0.15, 0.2) is 0 Å². The lowest BCUT2D eigenvalue weighted by atomic mass is 9.83. The summed E-state index contributed by atoms with van der Waals surface area (Å²) >= 11 is 3.83. The van der Waals surface area contributed by atoms with E-state index in [2.05, 4.69) is 66.7 Å². The highest BCUT2D eigenvalue weighted by molar-refractivity contribution is 7.99. The maximum absolute atomic E-state index is 11.5. The van der Waals surface area contributed by atoms with E-state index in [1.807, 2.05) is 35.7 Å². The molecular weight excluding hydrogens is 494 g/mol. The Labute approximate surface area is 224 Å². The van der Waals surface area contributed by atoms with Gasteiger partial charge in [-0.15, -0.1) is 0 Å². The minimum atomic E-state index is -0.228. The number of nitro groups is 1. The Morgan fingerprint density at radius 3 is 2.22 bits per heavy atom. The molecule has 0 amide bonds. The molecule has 0 N–H and O–H groups in total. The SMILES string of the molecule is O=[N+]([O-])C1=CC2CSCC3=CC(c4ccc5ccc6cccc7ccc4c5c67)C=C(CSCC(=C1)C2)C3. The van der Waals surface area contributed by atoms with Crippen molar-refractivity contribution in [3.05, 3.63) is 117 Å². The van der Waals surface area contributed by atoms with Crippen molar-refractivity contribution < 1.29 is 4.92 Å². The largest absolute Gasteiger partial charge is 0.265 e.